The number of ether oxygens (including phenoxy) is 1. The minimum absolute atomic E-state index is 0.0677. The Morgan fingerprint density at radius 3 is 2.79 bits per heavy atom. The van der Waals surface area contributed by atoms with Gasteiger partial charge in [-0.05, 0) is 22.1 Å². The van der Waals surface area contributed by atoms with Crippen LogP contribution in [0.5, 0.6) is 5.75 Å². The first-order chi connectivity index (χ1) is 11.6. The number of Topliss-reactive ketones (excluding diaryl/α,β-unsaturated/α-hetero) is 1. The molecule has 0 fully saturated rings. The summed E-state index contributed by atoms with van der Waals surface area (Å²) in [6.45, 7) is 0. The molecule has 0 saturated carbocycles. The van der Waals surface area contributed by atoms with Crippen LogP contribution in [0.1, 0.15) is 10.5 Å². The molecule has 0 radical (unpaired) electrons. The smallest absolute Gasteiger partial charge is 0.438 e. The Bertz CT molecular complexity index is 910. The van der Waals surface area contributed by atoms with E-state index < -0.39 is 5.63 Å². The highest BCUT2D eigenvalue weighted by atomic mass is 32.2. The summed E-state index contributed by atoms with van der Waals surface area (Å²) in [5.74, 6) is 0.390. The monoisotopic (exact) mass is 347 g/mol. The zero-order chi connectivity index (χ0) is 17.1. The molecule has 24 heavy (non-hydrogen) atoms. The predicted molar refractivity (Wildman–Crippen MR) is 85.7 cm³/mol. The number of hydrogen-bond acceptors (Lipinski definition) is 6. The Kier molecular flexibility index (Phi) is 4.52. The van der Waals surface area contributed by atoms with E-state index in [2.05, 4.69) is 10.3 Å². The minimum atomic E-state index is -0.712. The Morgan fingerprint density at radius 2 is 2.17 bits per heavy atom. The SMILES string of the molecule is COc1ccc(-[n+]2[nH]oc(=O)c2C(=O)CSc2nccn2C)cc1. The zero-order valence-electron chi connectivity index (χ0n) is 13.1. The van der Waals surface area contributed by atoms with Crippen molar-refractivity contribution in [2.45, 2.75) is 5.16 Å². The number of ketones is 1. The summed E-state index contributed by atoms with van der Waals surface area (Å²) in [5, 5.41) is 3.14. The summed E-state index contributed by atoms with van der Waals surface area (Å²) in [5.41, 5.74) is -0.190. The number of aryl methyl sites for hydroxylation is 1. The number of rotatable bonds is 6. The van der Waals surface area contributed by atoms with E-state index in [1.807, 2.05) is 7.05 Å². The number of aromatic nitrogens is 4. The maximum atomic E-state index is 12.5. The number of carbonyl (C=O) groups excluding carboxylic acids is 1. The van der Waals surface area contributed by atoms with Crippen molar-refractivity contribution in [3.05, 3.63) is 52.8 Å². The van der Waals surface area contributed by atoms with Gasteiger partial charge >= 0.3 is 11.3 Å². The van der Waals surface area contributed by atoms with E-state index in [-0.39, 0.29) is 17.2 Å². The van der Waals surface area contributed by atoms with Crippen LogP contribution < -0.4 is 15.0 Å². The van der Waals surface area contributed by atoms with Crippen LogP contribution >= 0.6 is 11.8 Å². The van der Waals surface area contributed by atoms with Crippen LogP contribution in [0.15, 0.2) is 51.1 Å². The predicted octanol–water partition coefficient (Wildman–Crippen LogP) is 0.962. The molecule has 2 aromatic heterocycles. The van der Waals surface area contributed by atoms with Gasteiger partial charge in [-0.2, -0.15) is 0 Å². The maximum Gasteiger partial charge on any atom is 0.438 e. The van der Waals surface area contributed by atoms with Crippen LogP contribution in [0.2, 0.25) is 0 Å². The van der Waals surface area contributed by atoms with Gasteiger partial charge in [-0.25, -0.2) is 9.78 Å². The molecule has 0 saturated heterocycles. The fourth-order valence-corrected chi connectivity index (χ4v) is 2.91. The van der Waals surface area contributed by atoms with E-state index in [0.717, 1.165) is 0 Å². The number of imidazole rings is 1. The molecule has 0 spiro atoms. The average molecular weight is 347 g/mol. The normalized spacial score (nSPS) is 10.8. The van der Waals surface area contributed by atoms with Crippen LogP contribution in [0, 0.1) is 0 Å². The standard InChI is InChI=1S/C15H14N4O4S/c1-18-8-7-16-15(18)24-9-12(20)13-14(21)23-17-19(13)10-3-5-11(22-2)6-4-10/h3-8H,9H2,1-2H3/p+1. The van der Waals surface area contributed by atoms with Crippen LogP contribution in [0.25, 0.3) is 5.69 Å². The third kappa shape index (κ3) is 3.11. The summed E-state index contributed by atoms with van der Waals surface area (Å²) in [7, 11) is 3.40. The molecule has 0 unspecified atom stereocenters. The number of methoxy groups -OCH3 is 1. The van der Waals surface area contributed by atoms with Gasteiger partial charge in [0.15, 0.2) is 5.16 Å². The van der Waals surface area contributed by atoms with Gasteiger partial charge in [0.1, 0.15) is 5.75 Å². The van der Waals surface area contributed by atoms with Crippen molar-refractivity contribution in [3.8, 4) is 11.4 Å². The van der Waals surface area contributed by atoms with E-state index >= 15 is 0 Å². The zero-order valence-corrected chi connectivity index (χ0v) is 13.9. The molecule has 3 rings (SSSR count). The lowest BCUT2D eigenvalue weighted by Crippen LogP contribution is -2.41. The van der Waals surface area contributed by atoms with E-state index in [1.54, 1.807) is 48.3 Å². The van der Waals surface area contributed by atoms with Crippen LogP contribution in [0.3, 0.4) is 0 Å². The van der Waals surface area contributed by atoms with Gasteiger partial charge in [0.25, 0.3) is 0 Å². The molecular weight excluding hydrogens is 332 g/mol. The summed E-state index contributed by atoms with van der Waals surface area (Å²) in [6.07, 6.45) is 3.43. The number of H-pyrrole nitrogens is 1. The summed E-state index contributed by atoms with van der Waals surface area (Å²) in [4.78, 5) is 28.5. The van der Waals surface area contributed by atoms with Gasteiger partial charge in [0.05, 0.1) is 12.9 Å². The van der Waals surface area contributed by atoms with Gasteiger partial charge in [0.2, 0.25) is 11.5 Å². The lowest BCUT2D eigenvalue weighted by atomic mass is 10.2. The molecule has 1 aromatic carbocycles. The Hall–Kier alpha value is -2.81. The summed E-state index contributed by atoms with van der Waals surface area (Å²) >= 11 is 1.25. The maximum absolute atomic E-state index is 12.5. The number of hydrogen-bond donors (Lipinski definition) is 1. The minimum Gasteiger partial charge on any atom is -0.497 e. The quantitative estimate of drug-likeness (QED) is 0.405. The topological polar surface area (TPSA) is 94.0 Å². The molecule has 1 N–H and O–H groups in total. The number of nitrogens with zero attached hydrogens (tertiary/aromatic N) is 3. The third-order valence-corrected chi connectivity index (χ3v) is 4.41. The average Bonchev–Trinajstić information content (AvgIpc) is 3.18. The molecule has 9 heteroatoms. The first-order valence-corrected chi connectivity index (χ1v) is 8.00. The first kappa shape index (κ1) is 16.1. The largest absolute Gasteiger partial charge is 0.497 e. The van der Waals surface area contributed by atoms with Crippen molar-refractivity contribution in [2.24, 2.45) is 7.05 Å². The lowest BCUT2D eigenvalue weighted by molar-refractivity contribution is -0.672. The highest BCUT2D eigenvalue weighted by Gasteiger charge is 2.30. The van der Waals surface area contributed by atoms with Gasteiger partial charge in [0, 0.05) is 31.6 Å². The van der Waals surface area contributed by atoms with Crippen LogP contribution in [0.4, 0.5) is 0 Å². The second-order valence-corrected chi connectivity index (χ2v) is 5.84. The number of aromatic amines is 1. The molecule has 124 valence electrons. The van der Waals surface area contributed by atoms with Crippen LogP contribution in [-0.2, 0) is 7.05 Å². The van der Waals surface area contributed by atoms with Crippen molar-refractivity contribution < 1.29 is 18.7 Å². The second-order valence-electron chi connectivity index (χ2n) is 4.90. The van der Waals surface area contributed by atoms with Crippen LogP contribution in [-0.4, -0.2) is 33.5 Å². The number of thioether (sulfide) groups is 1. The van der Waals surface area contributed by atoms with Crippen molar-refractivity contribution in [1.29, 1.82) is 0 Å². The number of carbonyl (C=O) groups is 1. The Balaban J connectivity index is 1.85. The molecule has 0 amide bonds. The fraction of sp³-hybridized carbons (Fsp3) is 0.200. The molecular formula is C15H15N4O4S+. The molecule has 8 nitrogen and oxygen atoms in total. The molecule has 0 aliphatic carbocycles. The molecule has 0 bridgehead atoms. The van der Waals surface area contributed by atoms with Crippen molar-refractivity contribution >= 4 is 17.5 Å². The van der Waals surface area contributed by atoms with Gasteiger partial charge in [-0.3, -0.25) is 9.32 Å². The lowest BCUT2D eigenvalue weighted by Gasteiger charge is -1.99. The van der Waals surface area contributed by atoms with E-state index in [9.17, 15) is 9.59 Å². The van der Waals surface area contributed by atoms with E-state index in [4.69, 9.17) is 9.26 Å². The first-order valence-electron chi connectivity index (χ1n) is 7.01. The Labute approximate surface area is 141 Å². The fourth-order valence-electron chi connectivity index (χ4n) is 2.11. The van der Waals surface area contributed by atoms with Gasteiger partial charge < -0.3 is 9.30 Å². The van der Waals surface area contributed by atoms with Crippen molar-refractivity contribution in [2.75, 3.05) is 12.9 Å². The highest BCUT2D eigenvalue weighted by molar-refractivity contribution is 7.99. The number of benzene rings is 1. The van der Waals surface area contributed by atoms with Crippen molar-refractivity contribution in [3.63, 3.8) is 0 Å². The highest BCUT2D eigenvalue weighted by Crippen LogP contribution is 2.15. The second kappa shape index (κ2) is 6.75. The molecule has 0 atom stereocenters. The molecule has 3 aromatic rings. The van der Waals surface area contributed by atoms with E-state index in [0.29, 0.717) is 16.6 Å². The molecule has 0 aliphatic rings. The Morgan fingerprint density at radius 1 is 1.42 bits per heavy atom. The van der Waals surface area contributed by atoms with E-state index in [1.165, 1.54) is 16.4 Å². The molecule has 0 aliphatic heterocycles. The van der Waals surface area contributed by atoms with Gasteiger partial charge in [-0.15, -0.1) is 0 Å². The summed E-state index contributed by atoms with van der Waals surface area (Å²) in [6, 6.07) is 6.88. The van der Waals surface area contributed by atoms with Crippen molar-refractivity contribution in [1.82, 2.24) is 14.8 Å². The third-order valence-electron chi connectivity index (χ3n) is 3.35. The summed E-state index contributed by atoms with van der Waals surface area (Å²) < 4.78 is 13.0. The van der Waals surface area contributed by atoms with Gasteiger partial charge in [-0.1, -0.05) is 11.8 Å². The number of nitrogens with one attached hydrogen (secondary N) is 1. The molecule has 2 heterocycles.